The van der Waals surface area contributed by atoms with Gasteiger partial charge in [-0.05, 0) is 18.9 Å². The zero-order chi connectivity index (χ0) is 13.7. The van der Waals surface area contributed by atoms with E-state index in [0.717, 1.165) is 24.1 Å². The lowest BCUT2D eigenvalue weighted by molar-refractivity contribution is 0.424. The Morgan fingerprint density at radius 2 is 1.89 bits per heavy atom. The molecule has 2 aromatic heterocycles. The first kappa shape index (κ1) is 13.7. The zero-order valence-corrected chi connectivity index (χ0v) is 11.5. The monoisotopic (exact) mass is 259 g/mol. The van der Waals surface area contributed by atoms with E-state index in [4.69, 9.17) is 5.73 Å². The minimum atomic E-state index is -0.105. The van der Waals surface area contributed by atoms with Crippen LogP contribution in [0.2, 0.25) is 0 Å². The third-order valence-corrected chi connectivity index (χ3v) is 3.42. The number of nitrogens with two attached hydrogens (primary N) is 1. The second kappa shape index (κ2) is 6.43. The van der Waals surface area contributed by atoms with Crippen LogP contribution < -0.4 is 5.73 Å². The molecule has 1 atom stereocenters. The fourth-order valence-corrected chi connectivity index (χ4v) is 2.20. The highest BCUT2D eigenvalue weighted by atomic mass is 15.3. The Hall–Kier alpha value is -1.75. The number of rotatable bonds is 6. The topological polar surface area (TPSA) is 69.6 Å². The lowest BCUT2D eigenvalue weighted by Gasteiger charge is -2.13. The minimum Gasteiger partial charge on any atom is -0.324 e. The summed E-state index contributed by atoms with van der Waals surface area (Å²) in [6.07, 6.45) is 9.97. The third-order valence-electron chi connectivity index (χ3n) is 3.42. The van der Waals surface area contributed by atoms with Crippen molar-refractivity contribution in [2.45, 2.75) is 45.2 Å². The summed E-state index contributed by atoms with van der Waals surface area (Å²) in [5.74, 6) is 0. The van der Waals surface area contributed by atoms with Crippen LogP contribution in [0.5, 0.6) is 0 Å². The number of hydrogen-bond acceptors (Lipinski definition) is 4. The van der Waals surface area contributed by atoms with Gasteiger partial charge in [0.2, 0.25) is 0 Å². The second-order valence-electron chi connectivity index (χ2n) is 4.74. The highest BCUT2D eigenvalue weighted by molar-refractivity contribution is 5.13. The van der Waals surface area contributed by atoms with Crippen molar-refractivity contribution in [1.29, 1.82) is 0 Å². The Kier molecular flexibility index (Phi) is 4.63. The summed E-state index contributed by atoms with van der Waals surface area (Å²) in [4.78, 5) is 7.98. The van der Waals surface area contributed by atoms with Crippen LogP contribution in [0, 0.1) is 0 Å². The average Bonchev–Trinajstić information content (AvgIpc) is 2.89. The maximum atomic E-state index is 6.15. The normalized spacial score (nSPS) is 12.8. The SMILES string of the molecule is CCC(CC)n1ccc(CC(N)c2cncnc2)n1. The molecule has 19 heavy (non-hydrogen) atoms. The van der Waals surface area contributed by atoms with Gasteiger partial charge in [0.05, 0.1) is 11.7 Å². The Balaban J connectivity index is 2.04. The molecule has 0 saturated carbocycles. The van der Waals surface area contributed by atoms with E-state index < -0.39 is 0 Å². The number of nitrogens with zero attached hydrogens (tertiary/aromatic N) is 4. The van der Waals surface area contributed by atoms with E-state index in [1.54, 1.807) is 12.4 Å². The third kappa shape index (κ3) is 3.38. The van der Waals surface area contributed by atoms with E-state index in [1.165, 1.54) is 6.33 Å². The lowest BCUT2D eigenvalue weighted by atomic mass is 10.1. The van der Waals surface area contributed by atoms with Gasteiger partial charge in [0.15, 0.2) is 0 Å². The van der Waals surface area contributed by atoms with Crippen LogP contribution in [0.3, 0.4) is 0 Å². The molecule has 0 spiro atoms. The molecule has 0 saturated heterocycles. The van der Waals surface area contributed by atoms with Crippen LogP contribution in [0.1, 0.15) is 50.0 Å². The molecular formula is C14H21N5. The van der Waals surface area contributed by atoms with Crippen molar-refractivity contribution in [3.05, 3.63) is 42.2 Å². The van der Waals surface area contributed by atoms with Crippen LogP contribution in [0.4, 0.5) is 0 Å². The Morgan fingerprint density at radius 1 is 1.21 bits per heavy atom. The molecule has 0 aromatic carbocycles. The van der Waals surface area contributed by atoms with E-state index >= 15 is 0 Å². The van der Waals surface area contributed by atoms with Crippen LogP contribution in [0.15, 0.2) is 31.0 Å². The summed E-state index contributed by atoms with van der Waals surface area (Å²) in [7, 11) is 0. The molecule has 2 rings (SSSR count). The standard InChI is InChI=1S/C14H21N5/c1-3-13(4-2)19-6-5-12(18-19)7-14(15)11-8-16-10-17-9-11/h5-6,8-10,13-14H,3-4,7,15H2,1-2H3. The quantitative estimate of drug-likeness (QED) is 0.864. The smallest absolute Gasteiger partial charge is 0.115 e. The van der Waals surface area contributed by atoms with Crippen molar-refractivity contribution in [2.75, 3.05) is 0 Å². The average molecular weight is 259 g/mol. The van der Waals surface area contributed by atoms with Crippen LogP contribution in [-0.4, -0.2) is 19.7 Å². The first-order valence-corrected chi connectivity index (χ1v) is 6.79. The largest absolute Gasteiger partial charge is 0.324 e. The molecule has 2 heterocycles. The number of hydrogen-bond donors (Lipinski definition) is 1. The summed E-state index contributed by atoms with van der Waals surface area (Å²) in [6.45, 7) is 4.37. The van der Waals surface area contributed by atoms with Crippen LogP contribution in [-0.2, 0) is 6.42 Å². The minimum absolute atomic E-state index is 0.105. The first-order valence-electron chi connectivity index (χ1n) is 6.79. The van der Waals surface area contributed by atoms with E-state index in [-0.39, 0.29) is 6.04 Å². The summed E-state index contributed by atoms with van der Waals surface area (Å²) in [5, 5.41) is 4.61. The van der Waals surface area contributed by atoms with Crippen molar-refractivity contribution in [1.82, 2.24) is 19.7 Å². The molecule has 0 aliphatic heterocycles. The molecule has 5 heteroatoms. The molecule has 1 unspecified atom stereocenters. The maximum absolute atomic E-state index is 6.15. The van der Waals surface area contributed by atoms with Gasteiger partial charge in [0.1, 0.15) is 6.33 Å². The predicted octanol–water partition coefficient (Wildman–Crippen LogP) is 2.28. The predicted molar refractivity (Wildman–Crippen MR) is 74.5 cm³/mol. The molecule has 0 radical (unpaired) electrons. The fourth-order valence-electron chi connectivity index (χ4n) is 2.20. The summed E-state index contributed by atoms with van der Waals surface area (Å²) < 4.78 is 2.05. The van der Waals surface area contributed by atoms with E-state index in [1.807, 2.05) is 16.9 Å². The molecule has 2 aromatic rings. The van der Waals surface area contributed by atoms with E-state index in [9.17, 15) is 0 Å². The van der Waals surface area contributed by atoms with Gasteiger partial charge in [-0.2, -0.15) is 5.10 Å². The molecule has 0 amide bonds. The zero-order valence-electron chi connectivity index (χ0n) is 11.5. The van der Waals surface area contributed by atoms with Gasteiger partial charge < -0.3 is 5.73 Å². The van der Waals surface area contributed by atoms with Gasteiger partial charge in [-0.1, -0.05) is 13.8 Å². The summed E-state index contributed by atoms with van der Waals surface area (Å²) in [6, 6.07) is 2.42. The van der Waals surface area contributed by atoms with Gasteiger partial charge >= 0.3 is 0 Å². The highest BCUT2D eigenvalue weighted by Gasteiger charge is 2.12. The molecule has 102 valence electrons. The molecule has 0 aliphatic rings. The van der Waals surface area contributed by atoms with Crippen molar-refractivity contribution in [3.63, 3.8) is 0 Å². The molecule has 0 bridgehead atoms. The van der Waals surface area contributed by atoms with Gasteiger partial charge in [0.25, 0.3) is 0 Å². The Labute approximate surface area is 113 Å². The summed E-state index contributed by atoms with van der Waals surface area (Å²) >= 11 is 0. The van der Waals surface area contributed by atoms with Gasteiger partial charge in [-0.3, -0.25) is 4.68 Å². The fraction of sp³-hybridized carbons (Fsp3) is 0.500. The lowest BCUT2D eigenvalue weighted by Crippen LogP contribution is -2.15. The molecule has 0 aliphatic carbocycles. The maximum Gasteiger partial charge on any atom is 0.115 e. The van der Waals surface area contributed by atoms with Gasteiger partial charge in [-0.15, -0.1) is 0 Å². The highest BCUT2D eigenvalue weighted by Crippen LogP contribution is 2.17. The second-order valence-corrected chi connectivity index (χ2v) is 4.74. The molecule has 5 nitrogen and oxygen atoms in total. The van der Waals surface area contributed by atoms with Gasteiger partial charge in [0, 0.05) is 36.6 Å². The van der Waals surface area contributed by atoms with Crippen molar-refractivity contribution in [2.24, 2.45) is 5.73 Å². The van der Waals surface area contributed by atoms with Crippen LogP contribution in [0.25, 0.3) is 0 Å². The van der Waals surface area contributed by atoms with E-state index in [2.05, 4.69) is 28.9 Å². The Bertz CT molecular complexity index is 490. The molecular weight excluding hydrogens is 238 g/mol. The van der Waals surface area contributed by atoms with Crippen molar-refractivity contribution >= 4 is 0 Å². The van der Waals surface area contributed by atoms with Crippen molar-refractivity contribution < 1.29 is 0 Å². The molecule has 0 fully saturated rings. The Morgan fingerprint density at radius 3 is 2.53 bits per heavy atom. The first-order chi connectivity index (χ1) is 9.24. The van der Waals surface area contributed by atoms with Gasteiger partial charge in [-0.25, -0.2) is 9.97 Å². The molecule has 2 N–H and O–H groups in total. The van der Waals surface area contributed by atoms with E-state index in [0.29, 0.717) is 12.5 Å². The van der Waals surface area contributed by atoms with Crippen LogP contribution >= 0.6 is 0 Å². The van der Waals surface area contributed by atoms with Crippen molar-refractivity contribution in [3.8, 4) is 0 Å². The summed E-state index contributed by atoms with van der Waals surface area (Å²) in [5.41, 5.74) is 8.11. The number of aromatic nitrogens is 4.